The van der Waals surface area contributed by atoms with Gasteiger partial charge in [0.15, 0.2) is 6.29 Å². The number of nitrogens with one attached hydrogen (secondary N) is 1. The van der Waals surface area contributed by atoms with Crippen LogP contribution in [0, 0.1) is 0 Å². The van der Waals surface area contributed by atoms with Crippen LogP contribution in [0.4, 0.5) is 0 Å². The summed E-state index contributed by atoms with van der Waals surface area (Å²) in [6, 6.07) is -0.799. The largest absolute Gasteiger partial charge is 0.394 e. The third kappa shape index (κ3) is 28.2. The molecule has 0 radical (unpaired) electrons. The first-order valence-corrected chi connectivity index (χ1v) is 23.6. The summed E-state index contributed by atoms with van der Waals surface area (Å²) in [5.74, 6) is -0.179. The summed E-state index contributed by atoms with van der Waals surface area (Å²) in [4.78, 5) is 12.9. The summed E-state index contributed by atoms with van der Waals surface area (Å²) in [7, 11) is 0. The van der Waals surface area contributed by atoms with Crippen LogP contribution >= 0.6 is 0 Å². The van der Waals surface area contributed by atoms with E-state index < -0.39 is 49.5 Å². The Bertz CT molecular complexity index is 930. The van der Waals surface area contributed by atoms with Gasteiger partial charge in [-0.15, -0.1) is 0 Å². The van der Waals surface area contributed by atoms with Crippen LogP contribution in [0.3, 0.4) is 0 Å². The summed E-state index contributed by atoms with van der Waals surface area (Å²) < 4.78 is 11.2. The summed E-state index contributed by atoms with van der Waals surface area (Å²) in [6.45, 7) is 3.73. The normalized spacial score (nSPS) is 21.3. The topological polar surface area (TPSA) is 149 Å². The highest BCUT2D eigenvalue weighted by atomic mass is 16.7. The van der Waals surface area contributed by atoms with Gasteiger partial charge in [0.1, 0.15) is 24.4 Å². The predicted molar refractivity (Wildman–Crippen MR) is 230 cm³/mol. The second-order valence-corrected chi connectivity index (χ2v) is 16.5. The van der Waals surface area contributed by atoms with Crippen molar-refractivity contribution in [3.63, 3.8) is 0 Å². The third-order valence-electron chi connectivity index (χ3n) is 11.3. The SMILES string of the molecule is CCCCCCCC/C=C/C(O)C(COC1OC(CO)C(O)C(O)C1O)NC(=O)CCCCCCCCCCCCCCC/C=C\CCCCCCCCCC. The van der Waals surface area contributed by atoms with E-state index in [1.807, 2.05) is 6.08 Å². The predicted octanol–water partition coefficient (Wildman–Crippen LogP) is 9.89. The van der Waals surface area contributed by atoms with Gasteiger partial charge in [-0.25, -0.2) is 0 Å². The average Bonchev–Trinajstić information content (AvgIpc) is 3.20. The smallest absolute Gasteiger partial charge is 0.220 e. The Morgan fingerprint density at radius 1 is 0.589 bits per heavy atom. The lowest BCUT2D eigenvalue weighted by molar-refractivity contribution is -0.302. The van der Waals surface area contributed by atoms with Crippen LogP contribution in [0.25, 0.3) is 0 Å². The van der Waals surface area contributed by atoms with Gasteiger partial charge in [0.25, 0.3) is 0 Å². The zero-order valence-electron chi connectivity index (χ0n) is 36.1. The third-order valence-corrected chi connectivity index (χ3v) is 11.3. The number of hydrogen-bond acceptors (Lipinski definition) is 8. The minimum absolute atomic E-state index is 0.179. The highest BCUT2D eigenvalue weighted by molar-refractivity contribution is 5.76. The van der Waals surface area contributed by atoms with E-state index in [9.17, 15) is 30.3 Å². The Labute approximate surface area is 343 Å². The van der Waals surface area contributed by atoms with Gasteiger partial charge in [0.2, 0.25) is 5.91 Å². The van der Waals surface area contributed by atoms with E-state index in [0.717, 1.165) is 38.5 Å². The summed E-state index contributed by atoms with van der Waals surface area (Å²) >= 11 is 0. The molecule has 1 rings (SSSR count). The maximum atomic E-state index is 12.9. The van der Waals surface area contributed by atoms with Crippen LogP contribution in [0.15, 0.2) is 24.3 Å². The average molecular weight is 796 g/mol. The molecule has 0 spiro atoms. The van der Waals surface area contributed by atoms with Crippen molar-refractivity contribution in [1.29, 1.82) is 0 Å². The summed E-state index contributed by atoms with van der Waals surface area (Å²) in [6.07, 6.45) is 38.2. The molecule has 1 saturated heterocycles. The van der Waals surface area contributed by atoms with Gasteiger partial charge >= 0.3 is 0 Å². The van der Waals surface area contributed by atoms with Gasteiger partial charge < -0.3 is 40.3 Å². The van der Waals surface area contributed by atoms with Gasteiger partial charge in [-0.1, -0.05) is 186 Å². The van der Waals surface area contributed by atoms with E-state index in [0.29, 0.717) is 6.42 Å². The van der Waals surface area contributed by atoms with Crippen LogP contribution in [-0.4, -0.2) is 87.5 Å². The minimum Gasteiger partial charge on any atom is -0.394 e. The molecule has 0 aliphatic carbocycles. The second-order valence-electron chi connectivity index (χ2n) is 16.5. The van der Waals surface area contributed by atoms with E-state index >= 15 is 0 Å². The Morgan fingerprint density at radius 2 is 1.00 bits per heavy atom. The van der Waals surface area contributed by atoms with Crippen LogP contribution in [0.5, 0.6) is 0 Å². The molecular formula is C47H89NO8. The first-order valence-electron chi connectivity index (χ1n) is 23.6. The van der Waals surface area contributed by atoms with E-state index in [-0.39, 0.29) is 12.5 Å². The van der Waals surface area contributed by atoms with Crippen molar-refractivity contribution in [3.05, 3.63) is 24.3 Å². The van der Waals surface area contributed by atoms with Crippen LogP contribution in [0.2, 0.25) is 0 Å². The Balaban J connectivity index is 2.18. The molecular weight excluding hydrogens is 707 g/mol. The number of unbranched alkanes of at least 4 members (excludes halogenated alkanes) is 27. The van der Waals surface area contributed by atoms with Crippen molar-refractivity contribution in [2.45, 2.75) is 256 Å². The molecule has 1 aliphatic heterocycles. The maximum absolute atomic E-state index is 12.9. The Hall–Kier alpha value is -1.33. The highest BCUT2D eigenvalue weighted by Gasteiger charge is 2.44. The summed E-state index contributed by atoms with van der Waals surface area (Å²) in [5.41, 5.74) is 0. The molecule has 6 N–H and O–H groups in total. The molecule has 1 amide bonds. The van der Waals surface area contributed by atoms with E-state index in [1.165, 1.54) is 154 Å². The molecule has 0 aromatic heterocycles. The van der Waals surface area contributed by atoms with Crippen molar-refractivity contribution in [2.75, 3.05) is 13.2 Å². The van der Waals surface area contributed by atoms with Crippen LogP contribution in [0.1, 0.15) is 213 Å². The molecule has 330 valence electrons. The molecule has 7 atom stereocenters. The van der Waals surface area contributed by atoms with Crippen LogP contribution in [-0.2, 0) is 14.3 Å². The van der Waals surface area contributed by atoms with Gasteiger partial charge in [0.05, 0.1) is 25.4 Å². The molecule has 0 aromatic rings. The maximum Gasteiger partial charge on any atom is 0.220 e. The Kier molecular flexibility index (Phi) is 35.7. The van der Waals surface area contributed by atoms with Gasteiger partial charge in [-0.3, -0.25) is 4.79 Å². The summed E-state index contributed by atoms with van der Waals surface area (Å²) in [5, 5.41) is 53.9. The van der Waals surface area contributed by atoms with Crippen molar-refractivity contribution in [3.8, 4) is 0 Å². The van der Waals surface area contributed by atoms with Crippen LogP contribution < -0.4 is 5.32 Å². The lowest BCUT2D eigenvalue weighted by atomic mass is 9.99. The molecule has 1 fully saturated rings. The zero-order valence-corrected chi connectivity index (χ0v) is 36.1. The molecule has 0 saturated carbocycles. The Morgan fingerprint density at radius 3 is 1.45 bits per heavy atom. The fourth-order valence-corrected chi connectivity index (χ4v) is 7.44. The molecule has 0 aromatic carbocycles. The first kappa shape index (κ1) is 52.7. The monoisotopic (exact) mass is 796 g/mol. The number of aliphatic hydroxyl groups is 5. The van der Waals surface area contributed by atoms with Gasteiger partial charge in [0, 0.05) is 6.42 Å². The highest BCUT2D eigenvalue weighted by Crippen LogP contribution is 2.23. The molecule has 9 heteroatoms. The van der Waals surface area contributed by atoms with Crippen molar-refractivity contribution < 1.29 is 39.8 Å². The van der Waals surface area contributed by atoms with Gasteiger partial charge in [-0.05, 0) is 44.9 Å². The van der Waals surface area contributed by atoms with E-state index in [4.69, 9.17) is 9.47 Å². The van der Waals surface area contributed by atoms with E-state index in [1.54, 1.807) is 6.08 Å². The van der Waals surface area contributed by atoms with Crippen molar-refractivity contribution in [2.24, 2.45) is 0 Å². The number of allylic oxidation sites excluding steroid dienone is 3. The molecule has 1 aliphatic rings. The standard InChI is InChI=1S/C47H89NO8/c1-3-5-7-9-11-13-14-15-16-17-18-19-20-21-22-23-24-25-26-27-28-29-31-33-35-37-43(51)48-40(41(50)36-34-32-30-12-10-8-6-4-2)39-55-47-46(54)45(53)44(52)42(38-49)56-47/h17-18,34,36,40-42,44-47,49-50,52-54H,3-16,19-33,35,37-39H2,1-2H3,(H,48,51)/b18-17-,36-34+. The van der Waals surface area contributed by atoms with Gasteiger partial charge in [-0.2, -0.15) is 0 Å². The fraction of sp³-hybridized carbons (Fsp3) is 0.894. The molecule has 7 unspecified atom stereocenters. The lowest BCUT2D eigenvalue weighted by Crippen LogP contribution is -2.60. The number of amides is 1. The quantitative estimate of drug-likeness (QED) is 0.0266. The fourth-order valence-electron chi connectivity index (χ4n) is 7.44. The second kappa shape index (κ2) is 37.9. The van der Waals surface area contributed by atoms with Crippen molar-refractivity contribution >= 4 is 5.91 Å². The molecule has 0 bridgehead atoms. The number of carbonyl (C=O) groups is 1. The zero-order chi connectivity index (χ0) is 40.9. The minimum atomic E-state index is -1.56. The molecule has 56 heavy (non-hydrogen) atoms. The number of aliphatic hydroxyl groups excluding tert-OH is 5. The lowest BCUT2D eigenvalue weighted by Gasteiger charge is -2.40. The first-order chi connectivity index (χ1) is 27.3. The van der Waals surface area contributed by atoms with Crippen molar-refractivity contribution in [1.82, 2.24) is 5.32 Å². The number of carbonyl (C=O) groups excluding carboxylic acids is 1. The molecule has 9 nitrogen and oxygen atoms in total. The number of hydrogen-bond donors (Lipinski definition) is 6. The van der Waals surface area contributed by atoms with E-state index in [2.05, 4.69) is 31.3 Å². The molecule has 1 heterocycles. The number of ether oxygens (including phenoxy) is 2. The number of rotatable bonds is 39.